The molecule has 0 aromatic heterocycles. The molecule has 0 fully saturated rings. The van der Waals surface area contributed by atoms with Crippen molar-refractivity contribution in [3.05, 3.63) is 23.3 Å². The van der Waals surface area contributed by atoms with Crippen molar-refractivity contribution < 1.29 is 5.11 Å². The monoisotopic (exact) mass is 178 g/mol. The number of allylic oxidation sites excluding steroid dienone is 3. The lowest BCUT2D eigenvalue weighted by molar-refractivity contribution is 0.00895. The van der Waals surface area contributed by atoms with E-state index >= 15 is 0 Å². The number of hydrogen-bond acceptors (Lipinski definition) is 1. The van der Waals surface area contributed by atoms with Gasteiger partial charge in [0.1, 0.15) is 0 Å². The molecule has 2 aliphatic rings. The Bertz CT molecular complexity index is 271. The molecule has 0 saturated carbocycles. The number of hydrogen-bond donors (Lipinski definition) is 1. The Morgan fingerprint density at radius 3 is 2.92 bits per heavy atom. The second kappa shape index (κ2) is 2.98. The fourth-order valence-corrected chi connectivity index (χ4v) is 2.66. The molecular formula is C12H18O. The fourth-order valence-electron chi connectivity index (χ4n) is 2.66. The van der Waals surface area contributed by atoms with Gasteiger partial charge < -0.3 is 5.11 Å². The summed E-state index contributed by atoms with van der Waals surface area (Å²) < 4.78 is 0. The molecule has 2 aliphatic carbocycles. The number of rotatable bonds is 0. The highest BCUT2D eigenvalue weighted by molar-refractivity contribution is 5.37. The third kappa shape index (κ3) is 1.46. The molecule has 1 nitrogen and oxygen atoms in total. The van der Waals surface area contributed by atoms with E-state index in [1.165, 1.54) is 11.1 Å². The van der Waals surface area contributed by atoms with Crippen molar-refractivity contribution in [2.24, 2.45) is 5.92 Å². The van der Waals surface area contributed by atoms with Gasteiger partial charge in [-0.1, -0.05) is 17.7 Å². The van der Waals surface area contributed by atoms with Crippen LogP contribution in [0.15, 0.2) is 23.3 Å². The summed E-state index contributed by atoms with van der Waals surface area (Å²) in [5.74, 6) is 0.395. The first-order valence-electron chi connectivity index (χ1n) is 5.21. The van der Waals surface area contributed by atoms with Gasteiger partial charge in [0.25, 0.3) is 0 Å². The zero-order valence-corrected chi connectivity index (χ0v) is 8.51. The van der Waals surface area contributed by atoms with Crippen LogP contribution < -0.4 is 0 Å². The SMILES string of the molecule is CC1=CCC[C@](C)(O)[C@H]2CCC=C12. The Labute approximate surface area is 80.2 Å². The largest absolute Gasteiger partial charge is 0.390 e. The van der Waals surface area contributed by atoms with E-state index in [1.54, 1.807) is 0 Å². The van der Waals surface area contributed by atoms with Crippen LogP contribution in [-0.4, -0.2) is 10.7 Å². The average Bonchev–Trinajstić information content (AvgIpc) is 2.48. The molecule has 0 saturated heterocycles. The Morgan fingerprint density at radius 2 is 2.15 bits per heavy atom. The summed E-state index contributed by atoms with van der Waals surface area (Å²) in [5.41, 5.74) is 2.32. The zero-order chi connectivity index (χ0) is 9.47. The highest BCUT2D eigenvalue weighted by Crippen LogP contribution is 2.42. The average molecular weight is 178 g/mol. The summed E-state index contributed by atoms with van der Waals surface area (Å²) in [6.07, 6.45) is 8.77. The molecule has 0 unspecified atom stereocenters. The highest BCUT2D eigenvalue weighted by atomic mass is 16.3. The van der Waals surface area contributed by atoms with E-state index < -0.39 is 5.60 Å². The van der Waals surface area contributed by atoms with Crippen LogP contribution >= 0.6 is 0 Å². The summed E-state index contributed by atoms with van der Waals surface area (Å²) >= 11 is 0. The van der Waals surface area contributed by atoms with Crippen molar-refractivity contribution in [1.29, 1.82) is 0 Å². The molecule has 0 spiro atoms. The lowest BCUT2D eigenvalue weighted by Gasteiger charge is -2.30. The van der Waals surface area contributed by atoms with E-state index in [1.807, 2.05) is 6.92 Å². The molecule has 1 N–H and O–H groups in total. The van der Waals surface area contributed by atoms with E-state index in [4.69, 9.17) is 0 Å². The second-order valence-corrected chi connectivity index (χ2v) is 4.57. The fraction of sp³-hybridized carbons (Fsp3) is 0.667. The maximum Gasteiger partial charge on any atom is 0.0691 e. The predicted molar refractivity (Wildman–Crippen MR) is 54.4 cm³/mol. The summed E-state index contributed by atoms with van der Waals surface area (Å²) in [7, 11) is 0. The Balaban J connectivity index is 2.35. The maximum atomic E-state index is 10.3. The number of fused-ring (bicyclic) bond motifs is 1. The van der Waals surface area contributed by atoms with Crippen molar-refractivity contribution in [2.45, 2.75) is 45.1 Å². The minimum absolute atomic E-state index is 0.395. The van der Waals surface area contributed by atoms with Gasteiger partial charge in [0.2, 0.25) is 0 Å². The van der Waals surface area contributed by atoms with E-state index in [-0.39, 0.29) is 0 Å². The molecule has 0 bridgehead atoms. The lowest BCUT2D eigenvalue weighted by atomic mass is 9.81. The zero-order valence-electron chi connectivity index (χ0n) is 8.51. The Morgan fingerprint density at radius 1 is 1.38 bits per heavy atom. The molecule has 13 heavy (non-hydrogen) atoms. The third-order valence-corrected chi connectivity index (χ3v) is 3.50. The highest BCUT2D eigenvalue weighted by Gasteiger charge is 2.37. The lowest BCUT2D eigenvalue weighted by Crippen LogP contribution is -2.33. The molecule has 2 rings (SSSR count). The van der Waals surface area contributed by atoms with Crippen LogP contribution in [0.25, 0.3) is 0 Å². The summed E-state index contributed by atoms with van der Waals surface area (Å²) in [4.78, 5) is 0. The first kappa shape index (κ1) is 9.01. The summed E-state index contributed by atoms with van der Waals surface area (Å²) in [5, 5.41) is 10.3. The van der Waals surface area contributed by atoms with Gasteiger partial charge in [0, 0.05) is 5.92 Å². The molecule has 0 aromatic rings. The van der Waals surface area contributed by atoms with Crippen LogP contribution in [-0.2, 0) is 0 Å². The van der Waals surface area contributed by atoms with Crippen LogP contribution in [0.1, 0.15) is 39.5 Å². The van der Waals surface area contributed by atoms with Gasteiger partial charge in [-0.15, -0.1) is 0 Å². The standard InChI is InChI=1S/C12H18O/c1-9-5-4-8-12(2,13)11-7-3-6-10(9)11/h5-6,11,13H,3-4,7-8H2,1-2H3/t11-,12-/m0/s1. The van der Waals surface area contributed by atoms with Crippen LogP contribution in [0, 0.1) is 5.92 Å². The van der Waals surface area contributed by atoms with E-state index in [0.29, 0.717) is 5.92 Å². The minimum Gasteiger partial charge on any atom is -0.390 e. The van der Waals surface area contributed by atoms with Gasteiger partial charge in [0.15, 0.2) is 0 Å². The molecule has 2 atom stereocenters. The topological polar surface area (TPSA) is 20.2 Å². The van der Waals surface area contributed by atoms with Crippen LogP contribution in [0.4, 0.5) is 0 Å². The molecule has 1 heteroatoms. The molecule has 0 aliphatic heterocycles. The molecule has 0 amide bonds. The van der Waals surface area contributed by atoms with Crippen LogP contribution in [0.3, 0.4) is 0 Å². The van der Waals surface area contributed by atoms with Gasteiger partial charge >= 0.3 is 0 Å². The quantitative estimate of drug-likeness (QED) is 0.604. The van der Waals surface area contributed by atoms with E-state index in [0.717, 1.165) is 25.7 Å². The van der Waals surface area contributed by atoms with Gasteiger partial charge in [-0.05, 0) is 45.1 Å². The molecule has 0 heterocycles. The van der Waals surface area contributed by atoms with Crippen LogP contribution in [0.5, 0.6) is 0 Å². The molecule has 0 radical (unpaired) electrons. The van der Waals surface area contributed by atoms with Crippen molar-refractivity contribution in [1.82, 2.24) is 0 Å². The van der Waals surface area contributed by atoms with E-state index in [9.17, 15) is 5.11 Å². The predicted octanol–water partition coefficient (Wildman–Crippen LogP) is 2.81. The van der Waals surface area contributed by atoms with Gasteiger partial charge in [-0.3, -0.25) is 0 Å². The minimum atomic E-state index is -0.476. The Kier molecular flexibility index (Phi) is 2.07. The Hall–Kier alpha value is -0.560. The summed E-state index contributed by atoms with van der Waals surface area (Å²) in [6, 6.07) is 0. The summed E-state index contributed by atoms with van der Waals surface area (Å²) in [6.45, 7) is 4.16. The number of aliphatic hydroxyl groups is 1. The van der Waals surface area contributed by atoms with Crippen molar-refractivity contribution in [3.63, 3.8) is 0 Å². The van der Waals surface area contributed by atoms with Crippen molar-refractivity contribution in [2.75, 3.05) is 0 Å². The normalized spacial score (nSPS) is 39.2. The van der Waals surface area contributed by atoms with Crippen molar-refractivity contribution in [3.8, 4) is 0 Å². The first-order valence-corrected chi connectivity index (χ1v) is 5.21. The van der Waals surface area contributed by atoms with E-state index in [2.05, 4.69) is 19.1 Å². The van der Waals surface area contributed by atoms with Crippen LogP contribution in [0.2, 0.25) is 0 Å². The smallest absolute Gasteiger partial charge is 0.0691 e. The molecule has 0 aromatic carbocycles. The third-order valence-electron chi connectivity index (χ3n) is 3.50. The maximum absolute atomic E-state index is 10.3. The van der Waals surface area contributed by atoms with Gasteiger partial charge in [-0.25, -0.2) is 0 Å². The first-order chi connectivity index (χ1) is 6.11. The van der Waals surface area contributed by atoms with Gasteiger partial charge in [0.05, 0.1) is 5.60 Å². The molecular weight excluding hydrogens is 160 g/mol. The molecule has 72 valence electrons. The van der Waals surface area contributed by atoms with Gasteiger partial charge in [-0.2, -0.15) is 0 Å². The second-order valence-electron chi connectivity index (χ2n) is 4.57. The van der Waals surface area contributed by atoms with Crippen molar-refractivity contribution >= 4 is 0 Å².